The number of para-hydroxylation sites is 1. The molecular formula is C27H35N3O6. The summed E-state index contributed by atoms with van der Waals surface area (Å²) in [5.74, 6) is -1.31. The van der Waals surface area contributed by atoms with Gasteiger partial charge in [-0.1, -0.05) is 61.9 Å². The van der Waals surface area contributed by atoms with Crippen molar-refractivity contribution in [1.82, 2.24) is 10.6 Å². The summed E-state index contributed by atoms with van der Waals surface area (Å²) in [6, 6.07) is 17.4. The Kier molecular flexibility index (Phi) is 13.2. The van der Waals surface area contributed by atoms with Gasteiger partial charge in [-0.3, -0.25) is 14.4 Å². The molecule has 0 aromatic heterocycles. The number of nitrogens with one attached hydrogen (secondary N) is 3. The molecule has 0 spiro atoms. The number of carbonyl (C=O) groups is 4. The number of hydrogen-bond acceptors (Lipinski definition) is 6. The molecule has 0 bridgehead atoms. The Morgan fingerprint density at radius 1 is 0.861 bits per heavy atom. The molecule has 0 saturated heterocycles. The number of esters is 1. The van der Waals surface area contributed by atoms with Gasteiger partial charge in [-0.2, -0.15) is 0 Å². The van der Waals surface area contributed by atoms with E-state index in [0.717, 1.165) is 18.4 Å². The van der Waals surface area contributed by atoms with Crippen molar-refractivity contribution in [3.05, 3.63) is 66.2 Å². The first-order valence-electron chi connectivity index (χ1n) is 12.2. The van der Waals surface area contributed by atoms with Gasteiger partial charge < -0.3 is 25.4 Å². The summed E-state index contributed by atoms with van der Waals surface area (Å²) in [7, 11) is 0. The summed E-state index contributed by atoms with van der Waals surface area (Å²) >= 11 is 0. The van der Waals surface area contributed by atoms with Crippen LogP contribution >= 0.6 is 0 Å². The molecular weight excluding hydrogens is 462 g/mol. The van der Waals surface area contributed by atoms with E-state index in [1.165, 1.54) is 0 Å². The first-order valence-corrected chi connectivity index (χ1v) is 12.2. The number of benzene rings is 2. The highest BCUT2D eigenvalue weighted by Gasteiger charge is 2.21. The second kappa shape index (κ2) is 16.7. The second-order valence-corrected chi connectivity index (χ2v) is 8.21. The van der Waals surface area contributed by atoms with Crippen molar-refractivity contribution < 1.29 is 28.7 Å². The summed E-state index contributed by atoms with van der Waals surface area (Å²) in [6.45, 7) is 2.73. The van der Waals surface area contributed by atoms with Crippen LogP contribution in [0.4, 0.5) is 10.5 Å². The van der Waals surface area contributed by atoms with Crippen molar-refractivity contribution in [2.45, 2.75) is 58.1 Å². The summed E-state index contributed by atoms with van der Waals surface area (Å²) in [5.41, 5.74) is 1.45. The van der Waals surface area contributed by atoms with Crippen LogP contribution in [0, 0.1) is 0 Å². The summed E-state index contributed by atoms with van der Waals surface area (Å²) < 4.78 is 10.2. The lowest BCUT2D eigenvalue weighted by Crippen LogP contribution is -2.44. The van der Waals surface area contributed by atoms with Crippen LogP contribution in [0.3, 0.4) is 0 Å². The molecule has 0 aliphatic carbocycles. The highest BCUT2D eigenvalue weighted by atomic mass is 16.5. The van der Waals surface area contributed by atoms with Crippen molar-refractivity contribution in [2.24, 2.45) is 0 Å². The van der Waals surface area contributed by atoms with Crippen LogP contribution in [0.25, 0.3) is 0 Å². The molecule has 1 atom stereocenters. The van der Waals surface area contributed by atoms with Crippen molar-refractivity contribution in [1.29, 1.82) is 0 Å². The van der Waals surface area contributed by atoms with E-state index in [2.05, 4.69) is 16.0 Å². The number of hydrogen-bond donors (Lipinski definition) is 3. The van der Waals surface area contributed by atoms with Gasteiger partial charge in [-0.15, -0.1) is 0 Å². The Labute approximate surface area is 211 Å². The summed E-state index contributed by atoms with van der Waals surface area (Å²) in [6.07, 6.45) is 2.11. The molecule has 0 aliphatic rings. The van der Waals surface area contributed by atoms with Crippen LogP contribution < -0.4 is 16.0 Å². The molecule has 9 nitrogen and oxygen atoms in total. The van der Waals surface area contributed by atoms with Crippen molar-refractivity contribution in [2.75, 3.05) is 18.5 Å². The molecule has 0 aliphatic heterocycles. The molecule has 0 heterocycles. The molecule has 0 unspecified atom stereocenters. The quantitative estimate of drug-likeness (QED) is 0.195. The number of anilines is 1. The average Bonchev–Trinajstić information content (AvgIpc) is 2.88. The van der Waals surface area contributed by atoms with E-state index in [1.54, 1.807) is 24.3 Å². The van der Waals surface area contributed by atoms with Gasteiger partial charge in [-0.05, 0) is 43.4 Å². The lowest BCUT2D eigenvalue weighted by atomic mass is 10.1. The molecule has 194 valence electrons. The third-order valence-electron chi connectivity index (χ3n) is 5.17. The molecule has 0 radical (unpaired) electrons. The number of rotatable bonds is 15. The van der Waals surface area contributed by atoms with Crippen LogP contribution in [-0.2, 0) is 30.5 Å². The fourth-order valence-electron chi connectivity index (χ4n) is 3.20. The predicted octanol–water partition coefficient (Wildman–Crippen LogP) is 3.94. The van der Waals surface area contributed by atoms with Gasteiger partial charge >= 0.3 is 12.1 Å². The van der Waals surface area contributed by atoms with Gasteiger partial charge in [-0.25, -0.2) is 4.79 Å². The van der Waals surface area contributed by atoms with Crippen LogP contribution in [0.1, 0.15) is 51.0 Å². The number of amides is 3. The zero-order valence-corrected chi connectivity index (χ0v) is 20.7. The largest absolute Gasteiger partial charge is 0.465 e. The summed E-state index contributed by atoms with van der Waals surface area (Å²) in [5, 5.41) is 8.10. The average molecular weight is 498 g/mol. The monoisotopic (exact) mass is 497 g/mol. The highest BCUT2D eigenvalue weighted by molar-refractivity contribution is 5.96. The minimum absolute atomic E-state index is 0.0899. The Hall–Kier alpha value is -3.88. The van der Waals surface area contributed by atoms with Crippen molar-refractivity contribution >= 4 is 29.6 Å². The van der Waals surface area contributed by atoms with Gasteiger partial charge in [0.15, 0.2) is 0 Å². The maximum atomic E-state index is 12.8. The van der Waals surface area contributed by atoms with Gasteiger partial charge in [0.2, 0.25) is 11.8 Å². The number of alkyl carbamates (subject to hydrolysis) is 1. The minimum atomic E-state index is -0.822. The molecule has 0 saturated carbocycles. The normalized spacial score (nSPS) is 11.1. The SMILES string of the molecule is CCCCOC(=O)CC(=O)NCCCC[C@H](NC(=O)OCc1ccccc1)C(=O)Nc1ccccc1. The second-order valence-electron chi connectivity index (χ2n) is 8.21. The maximum absolute atomic E-state index is 12.8. The molecule has 3 N–H and O–H groups in total. The smallest absolute Gasteiger partial charge is 0.408 e. The zero-order chi connectivity index (χ0) is 26.0. The number of carbonyl (C=O) groups excluding carboxylic acids is 4. The topological polar surface area (TPSA) is 123 Å². The Bertz CT molecular complexity index is 952. The van der Waals surface area contributed by atoms with Crippen LogP contribution in [0.2, 0.25) is 0 Å². The minimum Gasteiger partial charge on any atom is -0.465 e. The van der Waals surface area contributed by atoms with Gasteiger partial charge in [0.1, 0.15) is 19.1 Å². The Morgan fingerprint density at radius 3 is 2.25 bits per heavy atom. The van der Waals surface area contributed by atoms with E-state index in [0.29, 0.717) is 38.1 Å². The van der Waals surface area contributed by atoms with Crippen LogP contribution in [0.15, 0.2) is 60.7 Å². The molecule has 0 fully saturated rings. The lowest BCUT2D eigenvalue weighted by molar-refractivity contribution is -0.146. The lowest BCUT2D eigenvalue weighted by Gasteiger charge is -2.18. The molecule has 2 rings (SSSR count). The van der Waals surface area contributed by atoms with E-state index >= 15 is 0 Å². The standard InChI is InChI=1S/C27H35N3O6/c1-2-3-18-35-25(32)19-24(31)28-17-11-10-16-23(26(33)29-22-14-8-5-9-15-22)30-27(34)36-20-21-12-6-4-7-13-21/h4-9,12-15,23H,2-3,10-11,16-20H2,1H3,(H,28,31)(H,29,33)(H,30,34)/t23-/m0/s1. The molecule has 2 aromatic rings. The van der Waals surface area contributed by atoms with E-state index in [1.807, 2.05) is 43.3 Å². The Balaban J connectivity index is 1.78. The summed E-state index contributed by atoms with van der Waals surface area (Å²) in [4.78, 5) is 48.6. The first-order chi connectivity index (χ1) is 17.5. The van der Waals surface area contributed by atoms with E-state index < -0.39 is 24.0 Å². The third-order valence-corrected chi connectivity index (χ3v) is 5.17. The molecule has 2 aromatic carbocycles. The fourth-order valence-corrected chi connectivity index (χ4v) is 3.20. The van der Waals surface area contributed by atoms with Gasteiger partial charge in [0.05, 0.1) is 6.61 Å². The van der Waals surface area contributed by atoms with E-state index in [4.69, 9.17) is 9.47 Å². The van der Waals surface area contributed by atoms with Crippen LogP contribution in [-0.4, -0.2) is 43.1 Å². The fraction of sp³-hybridized carbons (Fsp3) is 0.407. The molecule has 9 heteroatoms. The molecule has 3 amide bonds. The van der Waals surface area contributed by atoms with Crippen LogP contribution in [0.5, 0.6) is 0 Å². The van der Waals surface area contributed by atoms with Crippen molar-refractivity contribution in [3.8, 4) is 0 Å². The maximum Gasteiger partial charge on any atom is 0.408 e. The zero-order valence-electron chi connectivity index (χ0n) is 20.7. The Morgan fingerprint density at radius 2 is 1.56 bits per heavy atom. The highest BCUT2D eigenvalue weighted by Crippen LogP contribution is 2.09. The first kappa shape index (κ1) is 28.4. The van der Waals surface area contributed by atoms with Gasteiger partial charge in [0, 0.05) is 12.2 Å². The predicted molar refractivity (Wildman–Crippen MR) is 136 cm³/mol. The number of ether oxygens (including phenoxy) is 2. The molecule has 36 heavy (non-hydrogen) atoms. The van der Waals surface area contributed by atoms with E-state index in [9.17, 15) is 19.2 Å². The van der Waals surface area contributed by atoms with Gasteiger partial charge in [0.25, 0.3) is 0 Å². The van der Waals surface area contributed by atoms with E-state index in [-0.39, 0.29) is 18.9 Å². The van der Waals surface area contributed by atoms with Crippen molar-refractivity contribution in [3.63, 3.8) is 0 Å². The third kappa shape index (κ3) is 12.0. The number of unbranched alkanes of at least 4 members (excludes halogenated alkanes) is 2.